The Hall–Kier alpha value is -1.77. The molecule has 0 amide bonds. The minimum atomic E-state index is -4.40. The van der Waals surface area contributed by atoms with Gasteiger partial charge >= 0.3 is 0 Å². The van der Waals surface area contributed by atoms with Crippen LogP contribution in [0.25, 0.3) is 0 Å². The zero-order chi connectivity index (χ0) is 17.5. The second kappa shape index (κ2) is 8.76. The molecule has 14 heteroatoms. The maximum Gasteiger partial charge on any atom is 0.294 e. The number of piperazine rings is 1. The molecule has 0 aromatic carbocycles. The van der Waals surface area contributed by atoms with Gasteiger partial charge in [0.1, 0.15) is 18.5 Å². The summed E-state index contributed by atoms with van der Waals surface area (Å²) in [6.45, 7) is 2.32. The zero-order valence-electron chi connectivity index (χ0n) is 12.1. The lowest BCUT2D eigenvalue weighted by Crippen LogP contribution is -2.50. The highest BCUT2D eigenvalue weighted by Gasteiger charge is 2.25. The first-order valence-electron chi connectivity index (χ1n) is 6.64. The van der Waals surface area contributed by atoms with Gasteiger partial charge in [0, 0.05) is 39.3 Å². The molecule has 1 aliphatic rings. The molecule has 0 bridgehead atoms. The lowest BCUT2D eigenvalue weighted by molar-refractivity contribution is -0.767. The van der Waals surface area contributed by atoms with Crippen molar-refractivity contribution in [3.63, 3.8) is 0 Å². The smallest absolute Gasteiger partial charge is 0.294 e. The van der Waals surface area contributed by atoms with Crippen molar-refractivity contribution in [2.24, 2.45) is 0 Å². The average molecular weight is 358 g/mol. The van der Waals surface area contributed by atoms with E-state index in [1.165, 1.54) is 0 Å². The standard InChI is InChI=1S/C9H18N4O9S/c14-12(15)21-6-5-10-1-3-11(4-2-10)7-9(22-13(16)17)8-23(18,19)20/h9H,1-8H2,(H,18,19,20). The Bertz CT molecular complexity index is 505. The summed E-state index contributed by atoms with van der Waals surface area (Å²) in [6.07, 6.45) is -1.29. The van der Waals surface area contributed by atoms with Gasteiger partial charge in [0.05, 0.1) is 0 Å². The van der Waals surface area contributed by atoms with E-state index < -0.39 is 32.1 Å². The summed E-state index contributed by atoms with van der Waals surface area (Å²) >= 11 is 0. The Labute approximate surface area is 131 Å². The van der Waals surface area contributed by atoms with Crippen molar-refractivity contribution in [2.45, 2.75) is 6.10 Å². The molecule has 1 saturated heterocycles. The number of hydrogen-bond donors (Lipinski definition) is 1. The second-order valence-electron chi connectivity index (χ2n) is 4.90. The molecule has 0 spiro atoms. The van der Waals surface area contributed by atoms with E-state index in [0.29, 0.717) is 32.7 Å². The molecule has 0 aliphatic carbocycles. The van der Waals surface area contributed by atoms with Gasteiger partial charge in [-0.2, -0.15) is 8.42 Å². The highest BCUT2D eigenvalue weighted by atomic mass is 32.2. The van der Waals surface area contributed by atoms with E-state index in [9.17, 15) is 28.6 Å². The predicted molar refractivity (Wildman–Crippen MR) is 74.1 cm³/mol. The molecule has 23 heavy (non-hydrogen) atoms. The number of hydrogen-bond acceptors (Lipinski definition) is 10. The summed E-state index contributed by atoms with van der Waals surface area (Å²) in [6, 6.07) is 0. The first-order valence-corrected chi connectivity index (χ1v) is 8.25. The van der Waals surface area contributed by atoms with E-state index in [2.05, 4.69) is 9.68 Å². The van der Waals surface area contributed by atoms with Crippen LogP contribution in [0.15, 0.2) is 0 Å². The fourth-order valence-electron chi connectivity index (χ4n) is 2.20. The predicted octanol–water partition coefficient (Wildman–Crippen LogP) is -1.72. The molecule has 1 fully saturated rings. The summed E-state index contributed by atoms with van der Waals surface area (Å²) in [5.41, 5.74) is 0. The lowest BCUT2D eigenvalue weighted by atomic mass is 10.3. The first-order chi connectivity index (χ1) is 10.7. The molecule has 1 atom stereocenters. The van der Waals surface area contributed by atoms with Gasteiger partial charge in [-0.15, -0.1) is 20.2 Å². The zero-order valence-corrected chi connectivity index (χ0v) is 13.0. The van der Waals surface area contributed by atoms with E-state index in [-0.39, 0.29) is 13.2 Å². The largest absolute Gasteiger partial charge is 0.313 e. The van der Waals surface area contributed by atoms with Crippen LogP contribution >= 0.6 is 0 Å². The maximum atomic E-state index is 10.8. The van der Waals surface area contributed by atoms with Gasteiger partial charge < -0.3 is 9.68 Å². The van der Waals surface area contributed by atoms with Gasteiger partial charge in [0.15, 0.2) is 0 Å². The number of rotatable bonds is 10. The highest BCUT2D eigenvalue weighted by Crippen LogP contribution is 2.06. The molecule has 1 aliphatic heterocycles. The van der Waals surface area contributed by atoms with E-state index in [0.717, 1.165) is 0 Å². The molecule has 134 valence electrons. The third kappa shape index (κ3) is 9.07. The summed E-state index contributed by atoms with van der Waals surface area (Å²) in [7, 11) is -4.40. The van der Waals surface area contributed by atoms with Crippen molar-refractivity contribution >= 4 is 10.1 Å². The normalized spacial score (nSPS) is 18.3. The van der Waals surface area contributed by atoms with Crippen molar-refractivity contribution in [1.82, 2.24) is 9.80 Å². The van der Waals surface area contributed by atoms with Crippen LogP contribution in [0.4, 0.5) is 0 Å². The van der Waals surface area contributed by atoms with Gasteiger partial charge in [-0.25, -0.2) is 0 Å². The van der Waals surface area contributed by atoms with Crippen molar-refractivity contribution in [3.8, 4) is 0 Å². The molecule has 0 aromatic heterocycles. The summed E-state index contributed by atoms with van der Waals surface area (Å²) < 4.78 is 30.5. The molecule has 1 unspecified atom stereocenters. The molecule has 1 rings (SSSR count). The number of nitrogens with zero attached hydrogens (tertiary/aromatic N) is 4. The van der Waals surface area contributed by atoms with E-state index in [1.54, 1.807) is 4.90 Å². The molecule has 0 radical (unpaired) electrons. The maximum absolute atomic E-state index is 10.8. The minimum Gasteiger partial charge on any atom is -0.313 e. The Morgan fingerprint density at radius 3 is 2.13 bits per heavy atom. The van der Waals surface area contributed by atoms with Crippen molar-refractivity contribution in [3.05, 3.63) is 20.2 Å². The lowest BCUT2D eigenvalue weighted by Gasteiger charge is -2.35. The Morgan fingerprint density at radius 2 is 1.65 bits per heavy atom. The average Bonchev–Trinajstić information content (AvgIpc) is 2.37. The third-order valence-electron chi connectivity index (χ3n) is 3.16. The van der Waals surface area contributed by atoms with Crippen LogP contribution in [0.5, 0.6) is 0 Å². The van der Waals surface area contributed by atoms with Crippen LogP contribution in [-0.2, 0) is 19.8 Å². The molecule has 0 aromatic rings. The second-order valence-corrected chi connectivity index (χ2v) is 6.40. The van der Waals surface area contributed by atoms with Crippen LogP contribution in [-0.4, -0.2) is 90.7 Å². The summed E-state index contributed by atoms with van der Waals surface area (Å²) in [4.78, 5) is 32.6. The van der Waals surface area contributed by atoms with Crippen molar-refractivity contribution < 1.29 is 32.8 Å². The van der Waals surface area contributed by atoms with Gasteiger partial charge in [-0.3, -0.25) is 14.4 Å². The summed E-state index contributed by atoms with van der Waals surface area (Å²) in [5.74, 6) is -0.870. The van der Waals surface area contributed by atoms with E-state index >= 15 is 0 Å². The van der Waals surface area contributed by atoms with Gasteiger partial charge in [-0.05, 0) is 0 Å². The molecule has 13 nitrogen and oxygen atoms in total. The Balaban J connectivity index is 2.39. The topological polar surface area (TPSA) is 166 Å². The highest BCUT2D eigenvalue weighted by molar-refractivity contribution is 7.85. The van der Waals surface area contributed by atoms with Gasteiger partial charge in [0.25, 0.3) is 20.3 Å². The van der Waals surface area contributed by atoms with Crippen LogP contribution < -0.4 is 0 Å². The third-order valence-corrected chi connectivity index (χ3v) is 3.96. The van der Waals surface area contributed by atoms with E-state index in [1.807, 2.05) is 4.90 Å². The van der Waals surface area contributed by atoms with Crippen LogP contribution in [0, 0.1) is 20.2 Å². The van der Waals surface area contributed by atoms with E-state index in [4.69, 9.17) is 4.55 Å². The van der Waals surface area contributed by atoms with Crippen LogP contribution in [0.2, 0.25) is 0 Å². The van der Waals surface area contributed by atoms with Crippen LogP contribution in [0.1, 0.15) is 0 Å². The first kappa shape index (κ1) is 19.3. The molecule has 0 saturated carbocycles. The fourth-order valence-corrected chi connectivity index (χ4v) is 2.84. The quantitative estimate of drug-likeness (QED) is 0.268. The Kier molecular flexibility index (Phi) is 7.34. The molecule has 1 heterocycles. The van der Waals surface area contributed by atoms with Gasteiger partial charge in [0.2, 0.25) is 0 Å². The molecular formula is C9H18N4O9S. The van der Waals surface area contributed by atoms with Crippen molar-refractivity contribution in [2.75, 3.05) is 51.6 Å². The van der Waals surface area contributed by atoms with Crippen molar-refractivity contribution in [1.29, 1.82) is 0 Å². The molecular weight excluding hydrogens is 340 g/mol. The minimum absolute atomic E-state index is 0.0278. The van der Waals surface area contributed by atoms with Gasteiger partial charge in [-0.1, -0.05) is 0 Å². The monoisotopic (exact) mass is 358 g/mol. The molecule has 1 N–H and O–H groups in total. The SMILES string of the molecule is O=[N+]([O-])OCCN1CCN(CC(CS(=O)(=O)O)O[N+](=O)[O-])CC1. The Morgan fingerprint density at radius 1 is 1.09 bits per heavy atom. The fraction of sp³-hybridized carbons (Fsp3) is 1.00. The van der Waals surface area contributed by atoms with Crippen LogP contribution in [0.3, 0.4) is 0 Å². The summed E-state index contributed by atoms with van der Waals surface area (Å²) in [5, 5.41) is 18.4.